The molecule has 0 spiro atoms. The number of rotatable bonds is 3. The maximum Gasteiger partial charge on any atom is 0.416 e. The van der Waals surface area contributed by atoms with Gasteiger partial charge in [0.15, 0.2) is 0 Å². The number of hydrogen-bond acceptors (Lipinski definition) is 4. The van der Waals surface area contributed by atoms with Crippen molar-refractivity contribution in [2.75, 3.05) is 18.4 Å². The second-order valence-corrected chi connectivity index (χ2v) is 5.65. The Morgan fingerprint density at radius 1 is 1.31 bits per heavy atom. The van der Waals surface area contributed by atoms with Crippen LogP contribution in [0.3, 0.4) is 0 Å². The van der Waals surface area contributed by atoms with E-state index in [9.17, 15) is 18.0 Å². The Labute approximate surface area is 146 Å². The number of pyridine rings is 1. The van der Waals surface area contributed by atoms with Gasteiger partial charge in [0, 0.05) is 18.0 Å². The highest BCUT2D eigenvalue weighted by Gasteiger charge is 2.33. The number of likely N-dealkylation sites (tertiary alicyclic amines) is 1. The molecule has 0 aliphatic carbocycles. The molecule has 1 aliphatic heterocycles. The lowest BCUT2D eigenvalue weighted by Gasteiger charge is -2.38. The molecule has 0 atom stereocenters. The summed E-state index contributed by atoms with van der Waals surface area (Å²) in [4.78, 5) is 17.5. The lowest BCUT2D eigenvalue weighted by Crippen LogP contribution is -2.57. The van der Waals surface area contributed by atoms with Crippen molar-refractivity contribution in [3.05, 3.63) is 53.7 Å². The topological polar surface area (TPSA) is 78.2 Å². The number of nitriles is 1. The Morgan fingerprint density at radius 3 is 2.77 bits per heavy atom. The van der Waals surface area contributed by atoms with Crippen molar-refractivity contribution >= 4 is 11.7 Å². The number of nitrogens with one attached hydrogen (secondary N) is 1. The first kappa shape index (κ1) is 17.5. The Hall–Kier alpha value is -3.28. The summed E-state index contributed by atoms with van der Waals surface area (Å²) in [6.45, 7) is 0.534. The lowest BCUT2D eigenvalue weighted by atomic mass is 10.1. The number of aromatic nitrogens is 1. The van der Waals surface area contributed by atoms with Crippen LogP contribution < -0.4 is 10.1 Å². The molecule has 1 N–H and O–H groups in total. The predicted molar refractivity (Wildman–Crippen MR) is 85.4 cm³/mol. The van der Waals surface area contributed by atoms with Crippen molar-refractivity contribution in [1.29, 1.82) is 5.26 Å². The van der Waals surface area contributed by atoms with Crippen molar-refractivity contribution in [2.24, 2.45) is 0 Å². The number of carbonyl (C=O) groups is 1. The van der Waals surface area contributed by atoms with Gasteiger partial charge in [-0.25, -0.2) is 9.78 Å². The molecule has 1 aromatic carbocycles. The van der Waals surface area contributed by atoms with Crippen LogP contribution in [-0.2, 0) is 6.18 Å². The van der Waals surface area contributed by atoms with E-state index < -0.39 is 17.8 Å². The Kier molecular flexibility index (Phi) is 4.67. The Bertz CT molecular complexity index is 858. The normalized spacial score (nSPS) is 14.3. The van der Waals surface area contributed by atoms with Crippen molar-refractivity contribution in [1.82, 2.24) is 9.88 Å². The summed E-state index contributed by atoms with van der Waals surface area (Å²) in [6.07, 6.45) is -3.31. The van der Waals surface area contributed by atoms with E-state index in [0.29, 0.717) is 5.56 Å². The monoisotopic (exact) mass is 362 g/mol. The summed E-state index contributed by atoms with van der Waals surface area (Å²) >= 11 is 0. The first-order valence-corrected chi connectivity index (χ1v) is 7.61. The molecule has 9 heteroatoms. The van der Waals surface area contributed by atoms with Gasteiger partial charge in [-0.1, -0.05) is 6.07 Å². The lowest BCUT2D eigenvalue weighted by molar-refractivity contribution is -0.137. The number of carbonyl (C=O) groups excluding carboxylic acids is 1. The van der Waals surface area contributed by atoms with Crippen LogP contribution in [0, 0.1) is 11.3 Å². The van der Waals surface area contributed by atoms with E-state index in [-0.39, 0.29) is 30.8 Å². The van der Waals surface area contributed by atoms with E-state index in [1.807, 2.05) is 6.07 Å². The van der Waals surface area contributed by atoms with E-state index in [1.54, 1.807) is 6.07 Å². The second-order valence-electron chi connectivity index (χ2n) is 5.65. The summed E-state index contributed by atoms with van der Waals surface area (Å²) < 4.78 is 43.6. The molecule has 0 bridgehead atoms. The predicted octanol–water partition coefficient (Wildman–Crippen LogP) is 3.27. The number of urea groups is 1. The number of ether oxygens (including phenoxy) is 1. The number of nitrogens with zero attached hydrogens (tertiary/aromatic N) is 3. The third-order valence-electron chi connectivity index (χ3n) is 3.73. The minimum absolute atomic E-state index is 0.0672. The average Bonchev–Trinajstić information content (AvgIpc) is 2.57. The zero-order chi connectivity index (χ0) is 18.7. The third kappa shape index (κ3) is 4.03. The first-order valence-electron chi connectivity index (χ1n) is 7.61. The van der Waals surface area contributed by atoms with Crippen molar-refractivity contribution < 1.29 is 22.7 Å². The van der Waals surface area contributed by atoms with Gasteiger partial charge >= 0.3 is 12.2 Å². The van der Waals surface area contributed by atoms with Gasteiger partial charge in [-0.3, -0.25) is 0 Å². The van der Waals surface area contributed by atoms with Gasteiger partial charge in [0.2, 0.25) is 5.88 Å². The molecular weight excluding hydrogens is 349 g/mol. The molecule has 0 radical (unpaired) electrons. The summed E-state index contributed by atoms with van der Waals surface area (Å²) in [5, 5.41) is 11.3. The highest BCUT2D eigenvalue weighted by molar-refractivity contribution is 5.90. The molecule has 1 aliphatic rings. The molecule has 134 valence electrons. The quantitative estimate of drug-likeness (QED) is 0.909. The van der Waals surface area contributed by atoms with Gasteiger partial charge in [0.1, 0.15) is 6.10 Å². The van der Waals surface area contributed by atoms with Crippen molar-refractivity contribution in [3.8, 4) is 11.9 Å². The van der Waals surface area contributed by atoms with Crippen LogP contribution in [0.25, 0.3) is 0 Å². The number of halogens is 3. The number of benzene rings is 1. The molecule has 1 aromatic heterocycles. The van der Waals surface area contributed by atoms with Gasteiger partial charge in [-0.2, -0.15) is 18.4 Å². The van der Waals surface area contributed by atoms with Crippen LogP contribution in [0.15, 0.2) is 42.6 Å². The molecule has 0 unspecified atom stereocenters. The van der Waals surface area contributed by atoms with Gasteiger partial charge in [-0.05, 0) is 24.3 Å². The van der Waals surface area contributed by atoms with Gasteiger partial charge in [0.25, 0.3) is 0 Å². The maximum absolute atomic E-state index is 12.7. The fraction of sp³-hybridized carbons (Fsp3) is 0.235. The van der Waals surface area contributed by atoms with Crippen molar-refractivity contribution in [2.45, 2.75) is 12.3 Å². The molecule has 2 heterocycles. The van der Waals surface area contributed by atoms with Gasteiger partial charge < -0.3 is 15.0 Å². The molecule has 3 rings (SSSR count). The summed E-state index contributed by atoms with van der Waals surface area (Å²) in [5.74, 6) is 0.284. The smallest absolute Gasteiger partial charge is 0.416 e. The number of hydrogen-bond donors (Lipinski definition) is 1. The molecule has 1 fully saturated rings. The fourth-order valence-electron chi connectivity index (χ4n) is 2.37. The maximum atomic E-state index is 12.7. The minimum atomic E-state index is -4.47. The largest absolute Gasteiger partial charge is 0.471 e. The highest BCUT2D eigenvalue weighted by atomic mass is 19.4. The average molecular weight is 362 g/mol. The highest BCUT2D eigenvalue weighted by Crippen LogP contribution is 2.30. The summed E-state index contributed by atoms with van der Waals surface area (Å²) in [6, 6.07) is 8.93. The number of alkyl halides is 3. The zero-order valence-electron chi connectivity index (χ0n) is 13.3. The number of anilines is 1. The van der Waals surface area contributed by atoms with Gasteiger partial charge in [-0.15, -0.1) is 0 Å². The molecule has 2 aromatic rings. The molecule has 1 saturated heterocycles. The molecule has 6 nitrogen and oxygen atoms in total. The van der Waals surface area contributed by atoms with Crippen LogP contribution >= 0.6 is 0 Å². The van der Waals surface area contributed by atoms with Crippen LogP contribution in [0.2, 0.25) is 0 Å². The SMILES string of the molecule is N#Cc1ccnc(OC2CN(C(=O)Nc3cccc(C(F)(F)F)c3)C2)c1. The van der Waals surface area contributed by atoms with Crippen LogP contribution in [0.5, 0.6) is 5.88 Å². The Morgan fingerprint density at radius 2 is 2.08 bits per heavy atom. The van der Waals surface area contributed by atoms with E-state index in [0.717, 1.165) is 12.1 Å². The van der Waals surface area contributed by atoms with E-state index >= 15 is 0 Å². The Balaban J connectivity index is 1.53. The molecule has 0 saturated carbocycles. The molecule has 26 heavy (non-hydrogen) atoms. The molecular formula is C17H13F3N4O2. The number of amides is 2. The van der Waals surface area contributed by atoms with E-state index in [4.69, 9.17) is 10.00 Å². The summed E-state index contributed by atoms with van der Waals surface area (Å²) in [5.41, 5.74) is -0.352. The fourth-order valence-corrected chi connectivity index (χ4v) is 2.37. The summed E-state index contributed by atoms with van der Waals surface area (Å²) in [7, 11) is 0. The molecule has 2 amide bonds. The first-order chi connectivity index (χ1) is 12.3. The van der Waals surface area contributed by atoms with Crippen LogP contribution in [-0.4, -0.2) is 35.1 Å². The van der Waals surface area contributed by atoms with E-state index in [1.165, 1.54) is 29.3 Å². The standard InChI is InChI=1S/C17H13F3N4O2/c18-17(19,20)12-2-1-3-13(7-12)23-16(25)24-9-14(10-24)26-15-6-11(8-21)4-5-22-15/h1-7,14H,9-10H2,(H,23,25). The third-order valence-corrected chi connectivity index (χ3v) is 3.73. The minimum Gasteiger partial charge on any atom is -0.471 e. The second kappa shape index (κ2) is 6.92. The van der Waals surface area contributed by atoms with Crippen LogP contribution in [0.1, 0.15) is 11.1 Å². The van der Waals surface area contributed by atoms with Gasteiger partial charge in [0.05, 0.1) is 30.3 Å². The zero-order valence-corrected chi connectivity index (χ0v) is 13.3. The van der Waals surface area contributed by atoms with E-state index in [2.05, 4.69) is 10.3 Å². The van der Waals surface area contributed by atoms with Crippen LogP contribution in [0.4, 0.5) is 23.7 Å². The van der Waals surface area contributed by atoms with Crippen molar-refractivity contribution in [3.63, 3.8) is 0 Å².